The molecule has 4 nitrogen and oxygen atoms in total. The summed E-state index contributed by atoms with van der Waals surface area (Å²) in [7, 11) is 1.98. The fourth-order valence-corrected chi connectivity index (χ4v) is 2.15. The molecule has 114 valence electrons. The van der Waals surface area contributed by atoms with Gasteiger partial charge in [0.05, 0.1) is 19.3 Å². The van der Waals surface area contributed by atoms with Crippen LogP contribution in [-0.2, 0) is 6.54 Å². The van der Waals surface area contributed by atoms with Crippen molar-refractivity contribution in [2.75, 3.05) is 26.8 Å². The zero-order valence-corrected chi connectivity index (χ0v) is 13.0. The molecule has 0 saturated carbocycles. The first-order valence-electron chi connectivity index (χ1n) is 7.05. The largest absolute Gasteiger partial charge is 0.491 e. The maximum Gasteiger partial charge on any atom is 0.124 e. The molecular formula is C16H27NO3. The molecule has 0 aliphatic carbocycles. The van der Waals surface area contributed by atoms with Gasteiger partial charge in [0.25, 0.3) is 0 Å². The van der Waals surface area contributed by atoms with Crippen LogP contribution in [0.15, 0.2) is 24.3 Å². The van der Waals surface area contributed by atoms with Gasteiger partial charge in [0.15, 0.2) is 0 Å². The van der Waals surface area contributed by atoms with E-state index in [1.54, 1.807) is 0 Å². The van der Waals surface area contributed by atoms with Crippen molar-refractivity contribution in [3.05, 3.63) is 29.8 Å². The van der Waals surface area contributed by atoms with Gasteiger partial charge in [-0.15, -0.1) is 0 Å². The molecule has 1 aromatic rings. The van der Waals surface area contributed by atoms with E-state index in [1.807, 2.05) is 52.1 Å². The van der Waals surface area contributed by atoms with Gasteiger partial charge in [-0.1, -0.05) is 25.1 Å². The van der Waals surface area contributed by atoms with Gasteiger partial charge in [-0.2, -0.15) is 0 Å². The Morgan fingerprint density at radius 1 is 1.20 bits per heavy atom. The Balaban J connectivity index is 2.73. The minimum Gasteiger partial charge on any atom is -0.491 e. The summed E-state index contributed by atoms with van der Waals surface area (Å²) in [6.07, 6.45) is 0.140. The molecule has 20 heavy (non-hydrogen) atoms. The third kappa shape index (κ3) is 5.12. The lowest BCUT2D eigenvalue weighted by Gasteiger charge is -2.30. The van der Waals surface area contributed by atoms with Crippen LogP contribution in [0.1, 0.15) is 26.3 Å². The van der Waals surface area contributed by atoms with Crippen LogP contribution in [-0.4, -0.2) is 48.0 Å². The van der Waals surface area contributed by atoms with Gasteiger partial charge in [-0.25, -0.2) is 0 Å². The molecule has 0 radical (unpaired) electrons. The van der Waals surface area contributed by atoms with E-state index in [2.05, 4.69) is 4.90 Å². The predicted molar refractivity (Wildman–Crippen MR) is 80.8 cm³/mol. The summed E-state index contributed by atoms with van der Waals surface area (Å²) in [5.74, 6) is 0.893. The normalized spacial score (nSPS) is 12.2. The number of aliphatic hydroxyl groups is 2. The molecule has 0 spiro atoms. The van der Waals surface area contributed by atoms with Crippen molar-refractivity contribution < 1.29 is 14.9 Å². The first-order valence-corrected chi connectivity index (χ1v) is 7.05. The number of para-hydroxylation sites is 1. The van der Waals surface area contributed by atoms with Crippen LogP contribution in [0.4, 0.5) is 0 Å². The highest BCUT2D eigenvalue weighted by Crippen LogP contribution is 2.23. The predicted octanol–water partition coefficient (Wildman–Crippen LogP) is 1.90. The summed E-state index contributed by atoms with van der Waals surface area (Å²) in [6, 6.07) is 7.98. The second-order valence-electron chi connectivity index (χ2n) is 6.07. The Morgan fingerprint density at radius 3 is 2.35 bits per heavy atom. The number of rotatable bonds is 8. The van der Waals surface area contributed by atoms with Crippen molar-refractivity contribution in [2.45, 2.75) is 33.4 Å². The van der Waals surface area contributed by atoms with Gasteiger partial charge < -0.3 is 19.8 Å². The molecule has 0 atom stereocenters. The summed E-state index contributed by atoms with van der Waals surface area (Å²) >= 11 is 0. The lowest BCUT2D eigenvalue weighted by molar-refractivity contribution is 0.0399. The first kappa shape index (κ1) is 17.0. The highest BCUT2D eigenvalue weighted by molar-refractivity contribution is 5.33. The molecule has 0 amide bonds. The Hall–Kier alpha value is -1.10. The fourth-order valence-electron chi connectivity index (χ4n) is 2.15. The number of hydrogen-bond acceptors (Lipinski definition) is 4. The first-order chi connectivity index (χ1) is 9.40. The lowest BCUT2D eigenvalue weighted by atomic mass is 9.92. The third-order valence-electron chi connectivity index (χ3n) is 3.19. The lowest BCUT2D eigenvalue weighted by Crippen LogP contribution is -2.38. The van der Waals surface area contributed by atoms with Crippen molar-refractivity contribution in [2.24, 2.45) is 5.41 Å². The molecule has 1 rings (SSSR count). The molecule has 0 aliphatic heterocycles. The minimum atomic E-state index is -0.484. The average Bonchev–Trinajstić information content (AvgIpc) is 2.40. The van der Waals surface area contributed by atoms with E-state index in [4.69, 9.17) is 4.74 Å². The summed E-state index contributed by atoms with van der Waals surface area (Å²) in [5, 5.41) is 18.7. The minimum absolute atomic E-state index is 0.0298. The summed E-state index contributed by atoms with van der Waals surface area (Å²) in [5.41, 5.74) is 0.629. The number of hydrogen-bond donors (Lipinski definition) is 2. The summed E-state index contributed by atoms with van der Waals surface area (Å²) < 4.78 is 5.80. The van der Waals surface area contributed by atoms with Crippen LogP contribution in [0.5, 0.6) is 5.75 Å². The van der Waals surface area contributed by atoms with Crippen LogP contribution in [0, 0.1) is 5.41 Å². The number of benzene rings is 1. The zero-order chi connectivity index (χ0) is 15.2. The molecular weight excluding hydrogens is 254 g/mol. The Bertz CT molecular complexity index is 402. The van der Waals surface area contributed by atoms with E-state index >= 15 is 0 Å². The molecule has 0 saturated heterocycles. The second-order valence-corrected chi connectivity index (χ2v) is 6.07. The van der Waals surface area contributed by atoms with Gasteiger partial charge in [0.1, 0.15) is 5.75 Å². The Labute approximate surface area is 122 Å². The van der Waals surface area contributed by atoms with E-state index in [-0.39, 0.29) is 19.3 Å². The smallest absolute Gasteiger partial charge is 0.124 e. The highest BCUT2D eigenvalue weighted by Gasteiger charge is 2.24. The van der Waals surface area contributed by atoms with E-state index in [9.17, 15) is 10.2 Å². The molecule has 0 fully saturated rings. The molecule has 0 aromatic heterocycles. The highest BCUT2D eigenvalue weighted by atomic mass is 16.5. The van der Waals surface area contributed by atoms with Gasteiger partial charge >= 0.3 is 0 Å². The molecule has 0 bridgehead atoms. The van der Waals surface area contributed by atoms with Crippen LogP contribution >= 0.6 is 0 Å². The van der Waals surface area contributed by atoms with Crippen LogP contribution in [0.25, 0.3) is 0 Å². The maximum absolute atomic E-state index is 9.36. The number of nitrogens with zero attached hydrogens (tertiary/aromatic N) is 1. The Morgan fingerprint density at radius 2 is 1.80 bits per heavy atom. The molecule has 0 unspecified atom stereocenters. The van der Waals surface area contributed by atoms with Crippen molar-refractivity contribution >= 4 is 0 Å². The van der Waals surface area contributed by atoms with Crippen LogP contribution < -0.4 is 4.74 Å². The maximum atomic E-state index is 9.36. The topological polar surface area (TPSA) is 52.9 Å². The van der Waals surface area contributed by atoms with E-state index in [0.29, 0.717) is 6.54 Å². The van der Waals surface area contributed by atoms with Crippen molar-refractivity contribution in [3.63, 3.8) is 0 Å². The SMILES string of the molecule is CC(C)Oc1ccccc1CN(C)CC(C)(CO)CO. The monoisotopic (exact) mass is 281 g/mol. The second kappa shape index (κ2) is 7.62. The molecule has 2 N–H and O–H groups in total. The molecule has 4 heteroatoms. The van der Waals surface area contributed by atoms with Gasteiger partial charge in [0, 0.05) is 24.1 Å². The summed E-state index contributed by atoms with van der Waals surface area (Å²) in [4.78, 5) is 2.09. The zero-order valence-electron chi connectivity index (χ0n) is 13.0. The molecule has 0 heterocycles. The van der Waals surface area contributed by atoms with E-state index < -0.39 is 5.41 Å². The van der Waals surface area contributed by atoms with Crippen molar-refractivity contribution in [3.8, 4) is 5.75 Å². The van der Waals surface area contributed by atoms with Crippen LogP contribution in [0.3, 0.4) is 0 Å². The Kier molecular flexibility index (Phi) is 6.46. The van der Waals surface area contributed by atoms with Gasteiger partial charge in [0.2, 0.25) is 0 Å². The molecule has 1 aromatic carbocycles. The van der Waals surface area contributed by atoms with Crippen molar-refractivity contribution in [1.82, 2.24) is 4.90 Å². The molecule has 0 aliphatic rings. The van der Waals surface area contributed by atoms with Gasteiger partial charge in [-0.05, 0) is 27.0 Å². The van der Waals surface area contributed by atoms with Crippen LogP contribution in [0.2, 0.25) is 0 Å². The standard InChI is InChI=1S/C16H27NO3/c1-13(2)20-15-8-6-5-7-14(15)9-17(4)10-16(3,11-18)12-19/h5-8,13,18-19H,9-12H2,1-4H3. The number of aliphatic hydroxyl groups excluding tert-OH is 2. The average molecular weight is 281 g/mol. The van der Waals surface area contributed by atoms with Gasteiger partial charge in [-0.3, -0.25) is 0 Å². The third-order valence-corrected chi connectivity index (χ3v) is 3.19. The van der Waals surface area contributed by atoms with E-state index in [1.165, 1.54) is 0 Å². The summed E-state index contributed by atoms with van der Waals surface area (Å²) in [6.45, 7) is 7.18. The quantitative estimate of drug-likeness (QED) is 0.764. The van der Waals surface area contributed by atoms with E-state index in [0.717, 1.165) is 17.9 Å². The number of ether oxygens (including phenoxy) is 1. The fraction of sp³-hybridized carbons (Fsp3) is 0.625. The van der Waals surface area contributed by atoms with Crippen molar-refractivity contribution in [1.29, 1.82) is 0 Å².